The van der Waals surface area contributed by atoms with E-state index in [4.69, 9.17) is 9.72 Å². The number of likely N-dealkylation sites (tertiary alicyclic amines) is 2. The lowest BCUT2D eigenvalue weighted by Gasteiger charge is -2.46. The first-order valence-corrected chi connectivity index (χ1v) is 22.4. The van der Waals surface area contributed by atoms with Gasteiger partial charge in [0, 0.05) is 67.7 Å². The van der Waals surface area contributed by atoms with Gasteiger partial charge in [0.2, 0.25) is 17.7 Å². The predicted molar refractivity (Wildman–Crippen MR) is 242 cm³/mol. The molecule has 0 radical (unpaired) electrons. The van der Waals surface area contributed by atoms with E-state index in [-0.39, 0.29) is 42.6 Å². The number of hydrazine groups is 1. The summed E-state index contributed by atoms with van der Waals surface area (Å²) in [6.45, 7) is 17.4. The van der Waals surface area contributed by atoms with Crippen molar-refractivity contribution in [1.82, 2.24) is 35.1 Å². The van der Waals surface area contributed by atoms with Crippen LogP contribution in [0.5, 0.6) is 0 Å². The normalized spacial score (nSPS) is 21.7. The molecule has 6 bridgehead atoms. The quantitative estimate of drug-likeness (QED) is 0.172. The fraction of sp³-hybridized carbons (Fsp3) is 0.480. The smallest absolute Gasteiger partial charge is 0.324 e. The molecule has 63 heavy (non-hydrogen) atoms. The van der Waals surface area contributed by atoms with E-state index < -0.39 is 40.8 Å². The number of fused-ring (bicyclic) bond motifs is 6. The molecule has 3 atom stereocenters. The number of hydrogen-bond acceptors (Lipinski definition) is 8. The van der Waals surface area contributed by atoms with Crippen LogP contribution in [0.3, 0.4) is 0 Å². The highest BCUT2D eigenvalue weighted by Gasteiger charge is 2.57. The Kier molecular flexibility index (Phi) is 11.9. The molecule has 2 aromatic carbocycles. The minimum Gasteiger partial charge on any atom is -0.464 e. The molecule has 3 saturated heterocycles. The summed E-state index contributed by atoms with van der Waals surface area (Å²) in [5.74, 6) is -1.68. The number of hydrogen-bond donors (Lipinski definition) is 2. The largest absolute Gasteiger partial charge is 0.464 e. The van der Waals surface area contributed by atoms with Gasteiger partial charge in [-0.15, -0.1) is 0 Å². The van der Waals surface area contributed by atoms with Crippen LogP contribution in [0.25, 0.3) is 33.3 Å². The molecule has 4 aromatic rings. The Morgan fingerprint density at radius 2 is 1.76 bits per heavy atom. The summed E-state index contributed by atoms with van der Waals surface area (Å²) >= 11 is 0. The van der Waals surface area contributed by atoms with Crippen LogP contribution in [-0.2, 0) is 48.6 Å². The predicted octanol–water partition coefficient (Wildman–Crippen LogP) is 5.95. The van der Waals surface area contributed by atoms with Crippen LogP contribution in [0.4, 0.5) is 0 Å². The van der Waals surface area contributed by atoms with Gasteiger partial charge in [0.1, 0.15) is 18.1 Å². The van der Waals surface area contributed by atoms with E-state index in [1.165, 1.54) is 11.1 Å². The van der Waals surface area contributed by atoms with Gasteiger partial charge in [0.15, 0.2) is 0 Å². The number of nitrogens with zero attached hydrogens (tertiary/aromatic N) is 5. The number of nitrogens with one attached hydrogen (secondary N) is 2. The third kappa shape index (κ3) is 8.27. The zero-order chi connectivity index (χ0) is 45.0. The molecule has 0 aliphatic carbocycles. The Balaban J connectivity index is 1.17. The van der Waals surface area contributed by atoms with Crippen molar-refractivity contribution in [3.63, 3.8) is 0 Å². The van der Waals surface area contributed by atoms with E-state index in [1.54, 1.807) is 9.80 Å². The second-order valence-electron chi connectivity index (χ2n) is 19.6. The topological polar surface area (TPSA) is 146 Å². The molecule has 2 aromatic heterocycles. The summed E-state index contributed by atoms with van der Waals surface area (Å²) in [6, 6.07) is 16.1. The van der Waals surface area contributed by atoms with E-state index in [1.807, 2.05) is 38.2 Å². The molecule has 13 heteroatoms. The zero-order valence-corrected chi connectivity index (χ0v) is 37.7. The van der Waals surface area contributed by atoms with Crippen LogP contribution in [0, 0.1) is 16.7 Å². The van der Waals surface area contributed by atoms with Crippen LogP contribution >= 0.6 is 0 Å². The summed E-state index contributed by atoms with van der Waals surface area (Å²) in [5.41, 5.74) is 10.2. The standard InChI is InChI=1S/C50H61N7O6/c1-9-41(58)55-27-50(28-55)19-22-56(48(50)62)43(31(4)5)45(59)52-39-24-32-13-10-14-33(23-32)34-17-18-40-36(25-34)37(44(54(40)8)35-15-11-20-51-42(35)30(2)3)26-49(6,7)29-63-47(61)38-16-12-21-57(53-38)46(39)60/h9-11,13-15,17-18,20,23,25,30-31,38-39,43,53H,1,12,16,19,21-22,24,26-29H2,2-8H3,(H,52,59)/t38-,39-,43-/m0/s1. The lowest BCUT2D eigenvalue weighted by atomic mass is 9.78. The highest BCUT2D eigenvalue weighted by atomic mass is 16.5. The zero-order valence-electron chi connectivity index (χ0n) is 37.7. The van der Waals surface area contributed by atoms with E-state index in [9.17, 15) is 24.0 Å². The molecule has 8 rings (SSSR count). The first kappa shape index (κ1) is 43.8. The lowest BCUT2D eigenvalue weighted by molar-refractivity contribution is -0.156. The number of carbonyl (C=O) groups excluding carboxylic acids is 5. The van der Waals surface area contributed by atoms with Crippen LogP contribution in [0.15, 0.2) is 73.4 Å². The van der Waals surface area contributed by atoms with Gasteiger partial charge in [0.25, 0.3) is 5.91 Å². The molecule has 13 nitrogen and oxygen atoms in total. The Hall–Kier alpha value is -5.82. The Morgan fingerprint density at radius 1 is 1.00 bits per heavy atom. The summed E-state index contributed by atoms with van der Waals surface area (Å²) in [7, 11) is 2.10. The Labute approximate surface area is 370 Å². The maximum Gasteiger partial charge on any atom is 0.324 e. The van der Waals surface area contributed by atoms with Crippen molar-refractivity contribution in [2.75, 3.05) is 32.8 Å². The minimum absolute atomic E-state index is 0.151. The number of rotatable bonds is 7. The number of cyclic esters (lactones) is 1. The van der Waals surface area contributed by atoms with Gasteiger partial charge >= 0.3 is 5.97 Å². The van der Waals surface area contributed by atoms with Crippen molar-refractivity contribution >= 4 is 40.5 Å². The van der Waals surface area contributed by atoms with Crippen molar-refractivity contribution in [3.05, 3.63) is 90.3 Å². The third-order valence-corrected chi connectivity index (χ3v) is 13.5. The number of benzene rings is 2. The number of aromatic nitrogens is 2. The Morgan fingerprint density at radius 3 is 2.49 bits per heavy atom. The van der Waals surface area contributed by atoms with Crippen LogP contribution < -0.4 is 10.7 Å². The van der Waals surface area contributed by atoms with Gasteiger partial charge in [-0.1, -0.05) is 78.5 Å². The molecule has 4 aliphatic heterocycles. The van der Waals surface area contributed by atoms with Gasteiger partial charge in [-0.2, -0.15) is 0 Å². The average Bonchev–Trinajstić information content (AvgIpc) is 3.72. The maximum absolute atomic E-state index is 14.7. The second kappa shape index (κ2) is 17.0. The van der Waals surface area contributed by atoms with Gasteiger partial charge in [-0.05, 0) is 90.1 Å². The SMILES string of the molecule is C=CC(=O)N1CC2(CCN([C@H](C(=O)N[C@H]3Cc4cccc(c4)-c4ccc5c(c4)c(c(-c4cccnc4C(C)C)n5C)CC(C)(C)COC(=O)[C@@H]4CCCN(N4)C3=O)C(C)C)C2=O)C1. The van der Waals surface area contributed by atoms with Crippen molar-refractivity contribution in [2.45, 2.75) is 97.7 Å². The van der Waals surface area contributed by atoms with Crippen LogP contribution in [-0.4, -0.2) is 105 Å². The lowest BCUT2D eigenvalue weighted by Crippen LogP contribution is -2.64. The van der Waals surface area contributed by atoms with Gasteiger partial charge in [0.05, 0.1) is 23.4 Å². The fourth-order valence-corrected chi connectivity index (χ4v) is 10.3. The molecule has 0 unspecified atom stereocenters. The maximum atomic E-state index is 14.7. The number of esters is 1. The summed E-state index contributed by atoms with van der Waals surface area (Å²) in [6.07, 6.45) is 5.48. The molecule has 4 amide bonds. The summed E-state index contributed by atoms with van der Waals surface area (Å²) in [4.78, 5) is 77.4. The third-order valence-electron chi connectivity index (χ3n) is 13.5. The number of aryl methyl sites for hydroxylation is 1. The number of amides is 4. The highest BCUT2D eigenvalue weighted by molar-refractivity contribution is 5.98. The van der Waals surface area contributed by atoms with E-state index >= 15 is 0 Å². The molecular formula is C50H61N7O6. The minimum atomic E-state index is -1.02. The van der Waals surface area contributed by atoms with Gasteiger partial charge in [-0.25, -0.2) is 5.43 Å². The average molecular weight is 856 g/mol. The molecule has 0 saturated carbocycles. The number of ether oxygens (including phenoxy) is 1. The van der Waals surface area contributed by atoms with E-state index in [0.717, 1.165) is 50.1 Å². The first-order valence-electron chi connectivity index (χ1n) is 22.4. The van der Waals surface area contributed by atoms with E-state index in [2.05, 4.69) is 93.0 Å². The van der Waals surface area contributed by atoms with Gasteiger partial charge < -0.3 is 24.4 Å². The molecule has 3 fully saturated rings. The van der Waals surface area contributed by atoms with Crippen molar-refractivity contribution in [3.8, 4) is 22.4 Å². The highest BCUT2D eigenvalue weighted by Crippen LogP contribution is 2.43. The second-order valence-corrected chi connectivity index (χ2v) is 19.6. The fourth-order valence-electron chi connectivity index (χ4n) is 10.3. The van der Waals surface area contributed by atoms with Crippen molar-refractivity contribution < 1.29 is 28.7 Å². The molecular weight excluding hydrogens is 795 g/mol. The molecule has 6 heterocycles. The summed E-state index contributed by atoms with van der Waals surface area (Å²) in [5, 5.41) is 5.64. The van der Waals surface area contributed by atoms with Crippen LogP contribution in [0.2, 0.25) is 0 Å². The number of carbonyl (C=O) groups is 5. The van der Waals surface area contributed by atoms with Crippen molar-refractivity contribution in [2.24, 2.45) is 23.8 Å². The molecule has 1 spiro atoms. The first-order chi connectivity index (χ1) is 30.0. The molecule has 4 aliphatic rings. The molecule has 2 N–H and O–H groups in total. The van der Waals surface area contributed by atoms with Crippen molar-refractivity contribution in [1.29, 1.82) is 0 Å². The molecule has 332 valence electrons. The summed E-state index contributed by atoms with van der Waals surface area (Å²) < 4.78 is 8.36. The van der Waals surface area contributed by atoms with Gasteiger partial charge in [-0.3, -0.25) is 34.0 Å². The monoisotopic (exact) mass is 855 g/mol. The Bertz CT molecular complexity index is 2480. The number of pyridine rings is 1. The van der Waals surface area contributed by atoms with Crippen LogP contribution in [0.1, 0.15) is 83.5 Å². The van der Waals surface area contributed by atoms with E-state index in [0.29, 0.717) is 51.9 Å².